The van der Waals surface area contributed by atoms with Crippen molar-refractivity contribution in [2.75, 3.05) is 5.32 Å². The van der Waals surface area contributed by atoms with Crippen LogP contribution in [0, 0.1) is 0 Å². The topological polar surface area (TPSA) is 74.2 Å². The average Bonchev–Trinajstić information content (AvgIpc) is 3.09. The standard InChI is InChI=1S/C17H19N3O2S/c21-15-11-6-2-1-5-10(11)9-13(15)18-16(22)20-17-19-12-7-3-4-8-14(12)23-17/h1-2,5-6,13,15,21H,3-4,7-9H2,(H2,18,19,20,22)/t13-,15-/m0/s1. The molecule has 2 aliphatic carbocycles. The van der Waals surface area contributed by atoms with Crippen LogP contribution in [0.2, 0.25) is 0 Å². The fourth-order valence-electron chi connectivity index (χ4n) is 3.41. The Kier molecular flexibility index (Phi) is 3.79. The number of aryl methyl sites for hydroxylation is 2. The summed E-state index contributed by atoms with van der Waals surface area (Å²) in [7, 11) is 0. The van der Waals surface area contributed by atoms with Gasteiger partial charge in [0.2, 0.25) is 0 Å². The second kappa shape index (κ2) is 5.94. The van der Waals surface area contributed by atoms with Gasteiger partial charge in [0.05, 0.1) is 17.8 Å². The molecule has 0 saturated heterocycles. The number of urea groups is 1. The Morgan fingerprint density at radius 1 is 1.26 bits per heavy atom. The summed E-state index contributed by atoms with van der Waals surface area (Å²) in [4.78, 5) is 18.0. The van der Waals surface area contributed by atoms with Gasteiger partial charge in [-0.1, -0.05) is 24.3 Å². The number of fused-ring (bicyclic) bond motifs is 2. The van der Waals surface area contributed by atoms with Crippen molar-refractivity contribution in [1.82, 2.24) is 10.3 Å². The van der Waals surface area contributed by atoms with E-state index in [0.717, 1.165) is 29.7 Å². The molecule has 0 bridgehead atoms. The zero-order chi connectivity index (χ0) is 15.8. The number of rotatable bonds is 2. The van der Waals surface area contributed by atoms with Crippen LogP contribution < -0.4 is 10.6 Å². The lowest BCUT2D eigenvalue weighted by Gasteiger charge is -2.16. The molecule has 0 fully saturated rings. The van der Waals surface area contributed by atoms with Crippen molar-refractivity contribution < 1.29 is 9.90 Å². The molecule has 0 saturated carbocycles. The highest BCUT2D eigenvalue weighted by Crippen LogP contribution is 2.32. The highest BCUT2D eigenvalue weighted by molar-refractivity contribution is 7.15. The van der Waals surface area contributed by atoms with E-state index < -0.39 is 6.10 Å². The Morgan fingerprint density at radius 2 is 2.09 bits per heavy atom. The van der Waals surface area contributed by atoms with Crippen LogP contribution in [0.3, 0.4) is 0 Å². The smallest absolute Gasteiger partial charge is 0.321 e. The van der Waals surface area contributed by atoms with Gasteiger partial charge in [0.15, 0.2) is 5.13 Å². The van der Waals surface area contributed by atoms with Crippen molar-refractivity contribution >= 4 is 22.5 Å². The van der Waals surface area contributed by atoms with Crippen molar-refractivity contribution in [3.05, 3.63) is 46.0 Å². The number of carbonyl (C=O) groups is 1. The minimum Gasteiger partial charge on any atom is -0.386 e. The fourth-order valence-corrected chi connectivity index (χ4v) is 4.46. The molecule has 0 spiro atoms. The number of aliphatic hydroxyl groups excluding tert-OH is 1. The lowest BCUT2D eigenvalue weighted by molar-refractivity contribution is 0.145. The van der Waals surface area contributed by atoms with Gasteiger partial charge in [0.1, 0.15) is 0 Å². The molecular formula is C17H19N3O2S. The van der Waals surface area contributed by atoms with Crippen molar-refractivity contribution in [3.8, 4) is 0 Å². The molecule has 2 atom stereocenters. The molecule has 5 nitrogen and oxygen atoms in total. The summed E-state index contributed by atoms with van der Waals surface area (Å²) < 4.78 is 0. The van der Waals surface area contributed by atoms with Crippen LogP contribution in [0.1, 0.15) is 40.6 Å². The van der Waals surface area contributed by atoms with E-state index in [1.54, 1.807) is 11.3 Å². The van der Waals surface area contributed by atoms with E-state index in [-0.39, 0.29) is 12.1 Å². The minimum absolute atomic E-state index is 0.290. The van der Waals surface area contributed by atoms with E-state index in [2.05, 4.69) is 15.6 Å². The number of thiazole rings is 1. The maximum atomic E-state index is 12.2. The Hall–Kier alpha value is -1.92. The first-order valence-electron chi connectivity index (χ1n) is 8.02. The molecule has 1 aromatic carbocycles. The molecule has 2 aromatic rings. The number of amides is 2. The molecule has 1 aromatic heterocycles. The Morgan fingerprint density at radius 3 is 2.91 bits per heavy atom. The number of nitrogens with zero attached hydrogens (tertiary/aromatic N) is 1. The lowest BCUT2D eigenvalue weighted by Crippen LogP contribution is -2.40. The fraction of sp³-hybridized carbons (Fsp3) is 0.412. The monoisotopic (exact) mass is 329 g/mol. The summed E-state index contributed by atoms with van der Waals surface area (Å²) in [5.74, 6) is 0. The van der Waals surface area contributed by atoms with Gasteiger partial charge in [0, 0.05) is 4.88 Å². The number of hydrogen-bond donors (Lipinski definition) is 3. The summed E-state index contributed by atoms with van der Waals surface area (Å²) in [6.45, 7) is 0. The van der Waals surface area contributed by atoms with Crippen LogP contribution in [0.4, 0.5) is 9.93 Å². The second-order valence-electron chi connectivity index (χ2n) is 6.15. The number of hydrogen-bond acceptors (Lipinski definition) is 4. The van der Waals surface area contributed by atoms with Crippen molar-refractivity contribution in [3.63, 3.8) is 0 Å². The van der Waals surface area contributed by atoms with Crippen LogP contribution in [0.15, 0.2) is 24.3 Å². The predicted molar refractivity (Wildman–Crippen MR) is 89.8 cm³/mol. The number of aromatic nitrogens is 1. The Labute approximate surface area is 138 Å². The maximum Gasteiger partial charge on any atom is 0.321 e. The number of nitrogens with one attached hydrogen (secondary N) is 2. The van der Waals surface area contributed by atoms with E-state index in [4.69, 9.17) is 0 Å². The molecule has 0 unspecified atom stereocenters. The van der Waals surface area contributed by atoms with E-state index in [0.29, 0.717) is 11.6 Å². The summed E-state index contributed by atoms with van der Waals surface area (Å²) in [6.07, 6.45) is 4.45. The Bertz CT molecular complexity index is 720. The molecule has 3 N–H and O–H groups in total. The number of benzene rings is 1. The molecule has 2 aliphatic rings. The van der Waals surface area contributed by atoms with Crippen molar-refractivity contribution in [2.45, 2.75) is 44.2 Å². The zero-order valence-electron chi connectivity index (χ0n) is 12.7. The highest BCUT2D eigenvalue weighted by atomic mass is 32.1. The van der Waals surface area contributed by atoms with Crippen LogP contribution >= 0.6 is 11.3 Å². The average molecular weight is 329 g/mol. The first-order chi connectivity index (χ1) is 11.2. The first-order valence-corrected chi connectivity index (χ1v) is 8.84. The van der Waals surface area contributed by atoms with Crippen LogP contribution in [0.5, 0.6) is 0 Å². The molecule has 2 amide bonds. The molecule has 4 rings (SSSR count). The van der Waals surface area contributed by atoms with E-state index in [1.165, 1.54) is 17.7 Å². The van der Waals surface area contributed by atoms with Gasteiger partial charge < -0.3 is 10.4 Å². The van der Waals surface area contributed by atoms with Gasteiger partial charge in [-0.15, -0.1) is 11.3 Å². The van der Waals surface area contributed by atoms with Gasteiger partial charge in [-0.25, -0.2) is 9.78 Å². The molecule has 120 valence electrons. The third kappa shape index (κ3) is 2.84. The van der Waals surface area contributed by atoms with Crippen LogP contribution in [0.25, 0.3) is 0 Å². The number of anilines is 1. The van der Waals surface area contributed by atoms with E-state index in [1.807, 2.05) is 24.3 Å². The Balaban J connectivity index is 1.40. The van der Waals surface area contributed by atoms with Gasteiger partial charge in [-0.3, -0.25) is 5.32 Å². The summed E-state index contributed by atoms with van der Waals surface area (Å²) in [5.41, 5.74) is 3.13. The highest BCUT2D eigenvalue weighted by Gasteiger charge is 2.31. The molecule has 0 aliphatic heterocycles. The van der Waals surface area contributed by atoms with Crippen molar-refractivity contribution in [1.29, 1.82) is 0 Å². The minimum atomic E-state index is -0.651. The third-order valence-electron chi connectivity index (χ3n) is 4.58. The van der Waals surface area contributed by atoms with Gasteiger partial charge in [0.25, 0.3) is 0 Å². The second-order valence-corrected chi connectivity index (χ2v) is 7.23. The molecular weight excluding hydrogens is 310 g/mol. The lowest BCUT2D eigenvalue weighted by atomic mass is 10.0. The van der Waals surface area contributed by atoms with Crippen LogP contribution in [-0.2, 0) is 19.3 Å². The number of aliphatic hydroxyl groups is 1. The largest absolute Gasteiger partial charge is 0.386 e. The SMILES string of the molecule is O=C(Nc1nc2c(s1)CCCC2)N[C@H]1Cc2ccccc2[C@@H]1O. The van der Waals surface area contributed by atoms with Gasteiger partial charge in [-0.05, 0) is 43.2 Å². The van der Waals surface area contributed by atoms with E-state index >= 15 is 0 Å². The summed E-state index contributed by atoms with van der Waals surface area (Å²) >= 11 is 1.56. The third-order valence-corrected chi connectivity index (χ3v) is 5.65. The zero-order valence-corrected chi connectivity index (χ0v) is 13.5. The molecule has 0 radical (unpaired) electrons. The number of carbonyl (C=O) groups excluding carboxylic acids is 1. The van der Waals surface area contributed by atoms with Gasteiger partial charge in [-0.2, -0.15) is 0 Å². The summed E-state index contributed by atoms with van der Waals surface area (Å²) in [5, 5.41) is 16.7. The summed E-state index contributed by atoms with van der Waals surface area (Å²) in [6, 6.07) is 7.18. The normalized spacial score (nSPS) is 22.3. The molecule has 23 heavy (non-hydrogen) atoms. The van der Waals surface area contributed by atoms with E-state index in [9.17, 15) is 9.90 Å². The first kappa shape index (κ1) is 14.7. The maximum absolute atomic E-state index is 12.2. The molecule has 6 heteroatoms. The molecule has 1 heterocycles. The van der Waals surface area contributed by atoms with Crippen molar-refractivity contribution in [2.24, 2.45) is 0 Å². The van der Waals surface area contributed by atoms with Gasteiger partial charge >= 0.3 is 6.03 Å². The quantitative estimate of drug-likeness (QED) is 0.793. The van der Waals surface area contributed by atoms with Crippen LogP contribution in [-0.4, -0.2) is 22.2 Å². The predicted octanol–water partition coefficient (Wildman–Crippen LogP) is 2.80.